The van der Waals surface area contributed by atoms with E-state index in [0.29, 0.717) is 32.1 Å². The zero-order chi connectivity index (χ0) is 21.6. The van der Waals surface area contributed by atoms with E-state index in [0.717, 1.165) is 34.9 Å². The van der Waals surface area contributed by atoms with Crippen molar-refractivity contribution >= 4 is 29.9 Å². The van der Waals surface area contributed by atoms with Crippen molar-refractivity contribution < 1.29 is 9.13 Å². The van der Waals surface area contributed by atoms with Gasteiger partial charge in [0.05, 0.1) is 12.6 Å². The van der Waals surface area contributed by atoms with Crippen molar-refractivity contribution in [2.45, 2.75) is 32.4 Å². The van der Waals surface area contributed by atoms with E-state index in [2.05, 4.69) is 26.9 Å². The summed E-state index contributed by atoms with van der Waals surface area (Å²) in [5, 5.41) is 15.2. The van der Waals surface area contributed by atoms with Crippen LogP contribution in [0.15, 0.2) is 53.5 Å². The van der Waals surface area contributed by atoms with Gasteiger partial charge in [-0.25, -0.2) is 9.38 Å². The van der Waals surface area contributed by atoms with Gasteiger partial charge in [-0.1, -0.05) is 30.3 Å². The number of hydrogen-bond acceptors (Lipinski definition) is 4. The fraction of sp³-hybridized carbons (Fsp3) is 0.348. The number of halogens is 2. The Morgan fingerprint density at radius 3 is 2.84 bits per heavy atom. The maximum Gasteiger partial charge on any atom is 0.192 e. The Bertz CT molecular complexity index is 1070. The zero-order valence-electron chi connectivity index (χ0n) is 18.2. The normalized spacial score (nSPS) is 15.3. The fourth-order valence-electron chi connectivity index (χ4n) is 3.57. The first kappa shape index (κ1) is 24.0. The number of aryl methyl sites for hydroxylation is 1. The predicted octanol–water partition coefficient (Wildman–Crippen LogP) is 3.68. The number of ether oxygens (including phenoxy) is 1. The van der Waals surface area contributed by atoms with Crippen molar-refractivity contribution in [2.24, 2.45) is 12.0 Å². The van der Waals surface area contributed by atoms with Crippen molar-refractivity contribution in [1.29, 1.82) is 0 Å². The molecule has 0 bridgehead atoms. The van der Waals surface area contributed by atoms with E-state index in [9.17, 15) is 4.39 Å². The summed E-state index contributed by atoms with van der Waals surface area (Å²) in [6.45, 7) is 3.58. The molecule has 1 atom stereocenters. The van der Waals surface area contributed by atoms with Gasteiger partial charge in [0.15, 0.2) is 11.8 Å². The lowest BCUT2D eigenvalue weighted by molar-refractivity contribution is 0.261. The molecule has 1 aromatic heterocycles. The van der Waals surface area contributed by atoms with Gasteiger partial charge in [-0.15, -0.1) is 34.2 Å². The molecule has 0 saturated carbocycles. The maximum absolute atomic E-state index is 13.5. The average molecular weight is 550 g/mol. The number of benzene rings is 2. The Morgan fingerprint density at radius 2 is 2.06 bits per heavy atom. The molecule has 0 aliphatic carbocycles. The molecular formula is C23H28FIN6O. The smallest absolute Gasteiger partial charge is 0.192 e. The second-order valence-corrected chi connectivity index (χ2v) is 7.57. The lowest BCUT2D eigenvalue weighted by Crippen LogP contribution is -2.42. The van der Waals surface area contributed by atoms with E-state index >= 15 is 0 Å². The molecule has 0 radical (unpaired) electrons. The molecule has 170 valence electrons. The van der Waals surface area contributed by atoms with Crippen LogP contribution < -0.4 is 15.4 Å². The lowest BCUT2D eigenvalue weighted by atomic mass is 10.0. The van der Waals surface area contributed by atoms with E-state index in [1.807, 2.05) is 42.8 Å². The van der Waals surface area contributed by atoms with Crippen LogP contribution >= 0.6 is 24.0 Å². The zero-order valence-corrected chi connectivity index (χ0v) is 20.5. The number of para-hydroxylation sites is 1. The molecule has 2 N–H and O–H groups in total. The Hall–Kier alpha value is -2.69. The highest BCUT2D eigenvalue weighted by molar-refractivity contribution is 14.0. The summed E-state index contributed by atoms with van der Waals surface area (Å²) in [5.74, 6) is 2.99. The van der Waals surface area contributed by atoms with Gasteiger partial charge < -0.3 is 19.9 Å². The third-order valence-corrected chi connectivity index (χ3v) is 5.43. The highest BCUT2D eigenvalue weighted by atomic mass is 127. The first-order valence-electron chi connectivity index (χ1n) is 10.5. The minimum atomic E-state index is -0.221. The monoisotopic (exact) mass is 550 g/mol. The van der Waals surface area contributed by atoms with Gasteiger partial charge in [-0.2, -0.15) is 0 Å². The van der Waals surface area contributed by atoms with E-state index in [4.69, 9.17) is 9.73 Å². The number of aromatic nitrogens is 3. The summed E-state index contributed by atoms with van der Waals surface area (Å²) in [4.78, 5) is 4.74. The predicted molar refractivity (Wildman–Crippen MR) is 133 cm³/mol. The number of aliphatic imine (C=N–C) groups is 1. The van der Waals surface area contributed by atoms with Crippen LogP contribution in [0, 0.1) is 12.7 Å². The molecule has 0 amide bonds. The van der Waals surface area contributed by atoms with Gasteiger partial charge in [0, 0.05) is 25.6 Å². The third-order valence-electron chi connectivity index (χ3n) is 5.43. The standard InChI is InChI=1S/C23H27FN6O.HI/c1-16-28-29-22(30(16)2)15-26-23(25-12-10-17-6-5-7-18(24)14-17)27-20-11-13-31-21-9-4-3-8-19(20)21;/h3-9,14,20H,10-13,15H2,1-2H3,(H2,25,26,27);1H. The quantitative estimate of drug-likeness (QED) is 0.278. The molecule has 9 heteroatoms. The summed E-state index contributed by atoms with van der Waals surface area (Å²) < 4.78 is 21.2. The van der Waals surface area contributed by atoms with Gasteiger partial charge in [0.2, 0.25) is 0 Å². The topological polar surface area (TPSA) is 76.4 Å². The lowest BCUT2D eigenvalue weighted by Gasteiger charge is -2.28. The minimum absolute atomic E-state index is 0. The molecule has 2 heterocycles. The first-order chi connectivity index (χ1) is 15.1. The highest BCUT2D eigenvalue weighted by Gasteiger charge is 2.22. The Morgan fingerprint density at radius 1 is 1.22 bits per heavy atom. The fourth-order valence-corrected chi connectivity index (χ4v) is 3.57. The maximum atomic E-state index is 13.5. The van der Waals surface area contributed by atoms with Crippen LogP contribution in [0.1, 0.15) is 35.2 Å². The molecule has 4 rings (SSSR count). The molecule has 32 heavy (non-hydrogen) atoms. The minimum Gasteiger partial charge on any atom is -0.493 e. The van der Waals surface area contributed by atoms with Gasteiger partial charge in [-0.05, 0) is 37.1 Å². The first-order valence-corrected chi connectivity index (χ1v) is 10.5. The van der Waals surface area contributed by atoms with Gasteiger partial charge >= 0.3 is 0 Å². The molecule has 3 aromatic rings. The van der Waals surface area contributed by atoms with E-state index in [1.54, 1.807) is 12.1 Å². The Balaban J connectivity index is 0.00000289. The van der Waals surface area contributed by atoms with Crippen molar-refractivity contribution in [3.8, 4) is 5.75 Å². The van der Waals surface area contributed by atoms with Crippen molar-refractivity contribution in [3.05, 3.63) is 77.1 Å². The molecule has 0 fully saturated rings. The number of fused-ring (bicyclic) bond motifs is 1. The summed E-state index contributed by atoms with van der Waals surface area (Å²) in [6, 6.07) is 14.8. The van der Waals surface area contributed by atoms with Gasteiger partial charge in [0.1, 0.15) is 23.9 Å². The molecular weight excluding hydrogens is 522 g/mol. The molecule has 1 unspecified atom stereocenters. The van der Waals surface area contributed by atoms with Gasteiger partial charge in [0.25, 0.3) is 0 Å². The second kappa shape index (κ2) is 11.3. The van der Waals surface area contributed by atoms with Crippen molar-refractivity contribution in [3.63, 3.8) is 0 Å². The molecule has 0 saturated heterocycles. The van der Waals surface area contributed by atoms with E-state index < -0.39 is 0 Å². The van der Waals surface area contributed by atoms with Gasteiger partial charge in [-0.3, -0.25) is 0 Å². The van der Waals surface area contributed by atoms with Crippen LogP contribution in [0.25, 0.3) is 0 Å². The van der Waals surface area contributed by atoms with E-state index in [1.165, 1.54) is 6.07 Å². The second-order valence-electron chi connectivity index (χ2n) is 7.57. The molecule has 7 nitrogen and oxygen atoms in total. The van der Waals surface area contributed by atoms with Crippen LogP contribution in [-0.2, 0) is 20.0 Å². The SMILES string of the molecule is Cc1nnc(CN=C(NCCc2cccc(F)c2)NC2CCOc3ccccc32)n1C.I. The number of nitrogens with zero attached hydrogens (tertiary/aromatic N) is 4. The Kier molecular flexibility index (Phi) is 8.43. The molecule has 0 spiro atoms. The largest absolute Gasteiger partial charge is 0.493 e. The summed E-state index contributed by atoms with van der Waals surface area (Å²) in [6.07, 6.45) is 1.52. The molecule has 1 aliphatic rings. The van der Waals surface area contributed by atoms with Crippen molar-refractivity contribution in [1.82, 2.24) is 25.4 Å². The summed E-state index contributed by atoms with van der Waals surface area (Å²) in [7, 11) is 1.93. The van der Waals surface area contributed by atoms with Crippen LogP contribution in [0.4, 0.5) is 4.39 Å². The number of hydrogen-bond donors (Lipinski definition) is 2. The number of guanidine groups is 1. The van der Waals surface area contributed by atoms with Crippen LogP contribution in [0.2, 0.25) is 0 Å². The van der Waals surface area contributed by atoms with Crippen molar-refractivity contribution in [2.75, 3.05) is 13.2 Å². The van der Waals surface area contributed by atoms with Crippen LogP contribution in [-0.4, -0.2) is 33.9 Å². The molecule has 2 aromatic carbocycles. The van der Waals surface area contributed by atoms with Crippen LogP contribution in [0.5, 0.6) is 5.75 Å². The summed E-state index contributed by atoms with van der Waals surface area (Å²) in [5.41, 5.74) is 2.05. The van der Waals surface area contributed by atoms with E-state index in [-0.39, 0.29) is 35.8 Å². The molecule has 1 aliphatic heterocycles. The van der Waals surface area contributed by atoms with Crippen LogP contribution in [0.3, 0.4) is 0 Å². The number of nitrogens with one attached hydrogen (secondary N) is 2. The highest BCUT2D eigenvalue weighted by Crippen LogP contribution is 2.31. The number of rotatable bonds is 6. The third kappa shape index (κ3) is 5.96. The Labute approximate surface area is 204 Å². The summed E-state index contributed by atoms with van der Waals surface area (Å²) >= 11 is 0. The average Bonchev–Trinajstić information content (AvgIpc) is 3.10.